The summed E-state index contributed by atoms with van der Waals surface area (Å²) in [5.74, 6) is -1.07. The first kappa shape index (κ1) is 15.0. The van der Waals surface area contributed by atoms with Crippen molar-refractivity contribution < 1.29 is 31.1 Å². The van der Waals surface area contributed by atoms with E-state index in [-0.39, 0.29) is 18.8 Å². The van der Waals surface area contributed by atoms with Crippen LogP contribution in [0.25, 0.3) is 0 Å². The molecule has 0 spiro atoms. The molecule has 112 valence electrons. The Hall–Kier alpha value is -1.35. The first-order chi connectivity index (χ1) is 9.13. The van der Waals surface area contributed by atoms with Gasteiger partial charge in [-0.3, -0.25) is 0 Å². The lowest BCUT2D eigenvalue weighted by atomic mass is 10.3. The molecule has 9 heteroatoms. The zero-order chi connectivity index (χ0) is 15.1. The molecule has 20 heavy (non-hydrogen) atoms. The molecule has 0 amide bonds. The average molecular weight is 313 g/mol. The Morgan fingerprint density at radius 2 is 1.95 bits per heavy atom. The lowest BCUT2D eigenvalue weighted by Gasteiger charge is -2.22. The lowest BCUT2D eigenvalue weighted by molar-refractivity contribution is -0.0435. The Labute approximate surface area is 112 Å². The van der Waals surface area contributed by atoms with Gasteiger partial charge < -0.3 is 10.0 Å². The third-order valence-electron chi connectivity index (χ3n) is 3.02. The Morgan fingerprint density at radius 1 is 1.30 bits per heavy atom. The van der Waals surface area contributed by atoms with Gasteiger partial charge in [0.2, 0.25) is 0 Å². The van der Waals surface area contributed by atoms with Crippen molar-refractivity contribution >= 4 is 15.5 Å². The number of β-amino-alcohol motifs (C(OH)–C–C–N with tert-alkyl or cyclic N) is 1. The number of halogens is 4. The topological polar surface area (TPSA) is 57.6 Å². The molecule has 1 atom stereocenters. The lowest BCUT2D eigenvalue weighted by Crippen LogP contribution is -2.28. The van der Waals surface area contributed by atoms with Crippen molar-refractivity contribution in [1.29, 1.82) is 0 Å². The molecule has 1 aromatic rings. The van der Waals surface area contributed by atoms with Gasteiger partial charge in [-0.2, -0.15) is 13.2 Å². The summed E-state index contributed by atoms with van der Waals surface area (Å²) in [5, 5.41) is 9.38. The molecule has 1 saturated heterocycles. The van der Waals surface area contributed by atoms with Gasteiger partial charge in [-0.25, -0.2) is 12.8 Å². The van der Waals surface area contributed by atoms with Crippen LogP contribution in [-0.2, 0) is 9.84 Å². The highest BCUT2D eigenvalue weighted by Gasteiger charge is 2.48. The fourth-order valence-corrected chi connectivity index (χ4v) is 3.04. The number of hydrogen-bond acceptors (Lipinski definition) is 4. The van der Waals surface area contributed by atoms with Crippen molar-refractivity contribution in [2.24, 2.45) is 0 Å². The van der Waals surface area contributed by atoms with Crippen LogP contribution < -0.4 is 4.90 Å². The molecule has 1 aromatic carbocycles. The highest BCUT2D eigenvalue weighted by atomic mass is 32.2. The number of nitrogens with zero attached hydrogens (tertiary/aromatic N) is 1. The number of anilines is 1. The molecule has 1 heterocycles. The van der Waals surface area contributed by atoms with Crippen LogP contribution in [0.1, 0.15) is 6.42 Å². The fourth-order valence-electron chi connectivity index (χ4n) is 2.05. The Balaban J connectivity index is 2.55. The van der Waals surface area contributed by atoms with E-state index in [1.54, 1.807) is 0 Å². The molecule has 1 aliphatic heterocycles. The quantitative estimate of drug-likeness (QED) is 0.844. The smallest absolute Gasteiger partial charge is 0.391 e. The van der Waals surface area contributed by atoms with Crippen molar-refractivity contribution in [3.63, 3.8) is 0 Å². The Morgan fingerprint density at radius 3 is 2.45 bits per heavy atom. The van der Waals surface area contributed by atoms with Crippen LogP contribution in [0, 0.1) is 5.82 Å². The van der Waals surface area contributed by atoms with Gasteiger partial charge in [0, 0.05) is 13.1 Å². The third kappa shape index (κ3) is 2.59. The van der Waals surface area contributed by atoms with E-state index in [0.29, 0.717) is 12.5 Å². The molecule has 0 aliphatic carbocycles. The predicted molar refractivity (Wildman–Crippen MR) is 62.5 cm³/mol. The van der Waals surface area contributed by atoms with Crippen LogP contribution in [0.3, 0.4) is 0 Å². The molecule has 2 rings (SSSR count). The molecular formula is C11H11F4NO3S. The molecule has 4 nitrogen and oxygen atoms in total. The molecular weight excluding hydrogens is 302 g/mol. The maximum Gasteiger partial charge on any atom is 0.501 e. The van der Waals surface area contributed by atoms with E-state index < -0.39 is 32.2 Å². The van der Waals surface area contributed by atoms with Gasteiger partial charge in [-0.05, 0) is 24.6 Å². The summed E-state index contributed by atoms with van der Waals surface area (Å²) in [6.07, 6.45) is -0.440. The van der Waals surface area contributed by atoms with Crippen LogP contribution >= 0.6 is 0 Å². The zero-order valence-corrected chi connectivity index (χ0v) is 10.9. The maximum absolute atomic E-state index is 13.1. The summed E-state index contributed by atoms with van der Waals surface area (Å²) in [7, 11) is -5.65. The second-order valence-corrected chi connectivity index (χ2v) is 6.36. The van der Waals surface area contributed by atoms with Crippen LogP contribution in [0.15, 0.2) is 23.1 Å². The van der Waals surface area contributed by atoms with Crippen molar-refractivity contribution in [3.8, 4) is 0 Å². The van der Waals surface area contributed by atoms with Gasteiger partial charge >= 0.3 is 5.51 Å². The predicted octanol–water partition coefficient (Wildman–Crippen LogP) is 1.69. The van der Waals surface area contributed by atoms with E-state index in [4.69, 9.17) is 0 Å². The minimum atomic E-state index is -5.65. The second kappa shape index (κ2) is 4.88. The van der Waals surface area contributed by atoms with E-state index in [2.05, 4.69) is 0 Å². The van der Waals surface area contributed by atoms with Crippen molar-refractivity contribution in [1.82, 2.24) is 0 Å². The number of sulfone groups is 1. The number of aliphatic hydroxyl groups is 1. The monoisotopic (exact) mass is 313 g/mol. The van der Waals surface area contributed by atoms with Crippen molar-refractivity contribution in [2.45, 2.75) is 22.9 Å². The van der Waals surface area contributed by atoms with Gasteiger partial charge in [0.1, 0.15) is 10.7 Å². The first-order valence-corrected chi connectivity index (χ1v) is 7.15. The number of hydrogen-bond donors (Lipinski definition) is 1. The summed E-state index contributed by atoms with van der Waals surface area (Å²) in [6, 6.07) is 2.21. The number of benzene rings is 1. The van der Waals surface area contributed by atoms with E-state index in [1.807, 2.05) is 0 Å². The third-order valence-corrected chi connectivity index (χ3v) is 4.54. The zero-order valence-electron chi connectivity index (χ0n) is 10.1. The van der Waals surface area contributed by atoms with Gasteiger partial charge in [0.25, 0.3) is 9.84 Å². The summed E-state index contributed by atoms with van der Waals surface area (Å²) >= 11 is 0. The van der Waals surface area contributed by atoms with E-state index >= 15 is 0 Å². The molecule has 0 saturated carbocycles. The molecule has 1 N–H and O–H groups in total. The SMILES string of the molecule is O=S(=O)(c1cc(F)ccc1N1CC[C@H](O)C1)C(F)(F)F. The Bertz CT molecular complexity index is 615. The molecule has 0 unspecified atom stereocenters. The molecule has 1 aliphatic rings. The van der Waals surface area contributed by atoms with Crippen molar-refractivity contribution in [2.75, 3.05) is 18.0 Å². The largest absolute Gasteiger partial charge is 0.501 e. The van der Waals surface area contributed by atoms with Crippen LogP contribution in [0.4, 0.5) is 23.2 Å². The second-order valence-electron chi connectivity index (χ2n) is 4.45. The minimum Gasteiger partial charge on any atom is -0.391 e. The molecule has 0 aromatic heterocycles. The van der Waals surface area contributed by atoms with Crippen LogP contribution in [-0.4, -0.2) is 38.2 Å². The van der Waals surface area contributed by atoms with E-state index in [9.17, 15) is 31.1 Å². The fraction of sp³-hybridized carbons (Fsp3) is 0.455. The molecule has 0 radical (unpaired) electrons. The minimum absolute atomic E-state index is 0.00596. The van der Waals surface area contributed by atoms with Crippen LogP contribution in [0.2, 0.25) is 0 Å². The number of alkyl halides is 3. The van der Waals surface area contributed by atoms with Crippen LogP contribution in [0.5, 0.6) is 0 Å². The van der Waals surface area contributed by atoms with Crippen molar-refractivity contribution in [3.05, 3.63) is 24.0 Å². The normalized spacial score (nSPS) is 20.4. The Kier molecular flexibility index (Phi) is 3.67. The summed E-state index contributed by atoms with van der Waals surface area (Å²) in [6.45, 7) is 0.208. The maximum atomic E-state index is 13.1. The summed E-state index contributed by atoms with van der Waals surface area (Å²) in [4.78, 5) is 0.169. The molecule has 0 bridgehead atoms. The molecule has 1 fully saturated rings. The van der Waals surface area contributed by atoms with Gasteiger partial charge in [0.15, 0.2) is 0 Å². The van der Waals surface area contributed by atoms with E-state index in [1.165, 1.54) is 4.90 Å². The summed E-state index contributed by atoms with van der Waals surface area (Å²) < 4.78 is 73.9. The highest BCUT2D eigenvalue weighted by Crippen LogP contribution is 2.37. The average Bonchev–Trinajstić information content (AvgIpc) is 2.74. The summed E-state index contributed by atoms with van der Waals surface area (Å²) in [5.41, 5.74) is -5.76. The number of aliphatic hydroxyl groups excluding tert-OH is 1. The number of rotatable bonds is 2. The first-order valence-electron chi connectivity index (χ1n) is 5.67. The standard InChI is InChI=1S/C11H11F4NO3S/c12-7-1-2-9(16-4-3-8(17)6-16)10(5-7)20(18,19)11(13,14)15/h1-2,5,8,17H,3-4,6H2/t8-/m0/s1. The van der Waals surface area contributed by atoms with Gasteiger partial charge in [0.05, 0.1) is 11.8 Å². The van der Waals surface area contributed by atoms with Gasteiger partial charge in [-0.15, -0.1) is 0 Å². The van der Waals surface area contributed by atoms with E-state index in [0.717, 1.165) is 12.1 Å². The van der Waals surface area contributed by atoms with Gasteiger partial charge in [-0.1, -0.05) is 0 Å². The highest BCUT2D eigenvalue weighted by molar-refractivity contribution is 7.92.